The average Bonchev–Trinajstić information content (AvgIpc) is 2.94. The van der Waals surface area contributed by atoms with Crippen LogP contribution in [0.3, 0.4) is 0 Å². The minimum atomic E-state index is 0.697. The van der Waals surface area contributed by atoms with Gasteiger partial charge in [0.25, 0.3) is 0 Å². The monoisotopic (exact) mass is 202 g/mol. The van der Waals surface area contributed by atoms with E-state index >= 15 is 0 Å². The summed E-state index contributed by atoms with van der Waals surface area (Å²) in [7, 11) is 3.78. The molecule has 0 aromatic carbocycles. The van der Waals surface area contributed by atoms with Gasteiger partial charge in [0.1, 0.15) is 0 Å². The number of rotatable bonds is 5. The van der Waals surface area contributed by atoms with Crippen LogP contribution in [0.4, 0.5) is 0 Å². The Balaban J connectivity index is 2.02. The fourth-order valence-corrected chi connectivity index (χ4v) is 1.42. The third-order valence-electron chi connectivity index (χ3n) is 2.22. The van der Waals surface area contributed by atoms with Crippen LogP contribution in [0, 0.1) is 0 Å². The molecule has 1 N–H and O–H groups in total. The standard InChI is InChI=1S/C9H18N2OS/c1-11(8-4-5-8)9(13)10-6-3-7-12-2/h8H,3-7H2,1-2H3,(H,10,13). The molecule has 0 aromatic heterocycles. The fourth-order valence-electron chi connectivity index (χ4n) is 1.16. The highest BCUT2D eigenvalue weighted by molar-refractivity contribution is 7.80. The van der Waals surface area contributed by atoms with Crippen molar-refractivity contribution in [2.45, 2.75) is 25.3 Å². The van der Waals surface area contributed by atoms with Crippen LogP contribution in [0.5, 0.6) is 0 Å². The van der Waals surface area contributed by atoms with Crippen LogP contribution in [-0.4, -0.2) is 43.4 Å². The van der Waals surface area contributed by atoms with Crippen molar-refractivity contribution in [3.8, 4) is 0 Å². The summed E-state index contributed by atoms with van der Waals surface area (Å²) >= 11 is 5.22. The molecular weight excluding hydrogens is 184 g/mol. The van der Waals surface area contributed by atoms with Crippen molar-refractivity contribution in [1.82, 2.24) is 10.2 Å². The van der Waals surface area contributed by atoms with Gasteiger partial charge in [-0.3, -0.25) is 0 Å². The lowest BCUT2D eigenvalue weighted by molar-refractivity contribution is 0.195. The minimum absolute atomic E-state index is 0.697. The van der Waals surface area contributed by atoms with E-state index in [1.54, 1.807) is 7.11 Å². The summed E-state index contributed by atoms with van der Waals surface area (Å²) in [5.74, 6) is 0. The van der Waals surface area contributed by atoms with Gasteiger partial charge < -0.3 is 15.0 Å². The lowest BCUT2D eigenvalue weighted by Crippen LogP contribution is -2.38. The Hall–Kier alpha value is -0.350. The third-order valence-corrected chi connectivity index (χ3v) is 2.65. The van der Waals surface area contributed by atoms with Gasteiger partial charge in [-0.2, -0.15) is 0 Å². The topological polar surface area (TPSA) is 24.5 Å². The second-order valence-electron chi connectivity index (χ2n) is 3.42. The zero-order chi connectivity index (χ0) is 9.68. The molecule has 3 nitrogen and oxygen atoms in total. The molecule has 0 atom stereocenters. The number of methoxy groups -OCH3 is 1. The van der Waals surface area contributed by atoms with E-state index in [0.717, 1.165) is 24.7 Å². The van der Waals surface area contributed by atoms with Gasteiger partial charge in [-0.25, -0.2) is 0 Å². The smallest absolute Gasteiger partial charge is 0.168 e. The van der Waals surface area contributed by atoms with E-state index in [4.69, 9.17) is 17.0 Å². The largest absolute Gasteiger partial charge is 0.385 e. The highest BCUT2D eigenvalue weighted by Crippen LogP contribution is 2.25. The van der Waals surface area contributed by atoms with Crippen molar-refractivity contribution < 1.29 is 4.74 Å². The Labute approximate surface area is 85.4 Å². The van der Waals surface area contributed by atoms with Crippen molar-refractivity contribution >= 4 is 17.3 Å². The highest BCUT2D eigenvalue weighted by Gasteiger charge is 2.27. The lowest BCUT2D eigenvalue weighted by Gasteiger charge is -2.20. The van der Waals surface area contributed by atoms with Crippen LogP contribution < -0.4 is 5.32 Å². The molecule has 0 amide bonds. The van der Waals surface area contributed by atoms with Crippen LogP contribution in [0.15, 0.2) is 0 Å². The van der Waals surface area contributed by atoms with E-state index in [1.165, 1.54) is 12.8 Å². The molecule has 1 aliphatic rings. The second-order valence-corrected chi connectivity index (χ2v) is 3.81. The van der Waals surface area contributed by atoms with Gasteiger partial charge >= 0.3 is 0 Å². The summed E-state index contributed by atoms with van der Waals surface area (Å²) in [5.41, 5.74) is 0. The van der Waals surface area contributed by atoms with Crippen LogP contribution in [-0.2, 0) is 4.74 Å². The molecule has 0 bridgehead atoms. The first-order valence-corrected chi connectivity index (χ1v) is 5.16. The predicted octanol–water partition coefficient (Wildman–Crippen LogP) is 0.992. The molecule has 0 radical (unpaired) electrons. The van der Waals surface area contributed by atoms with Gasteiger partial charge in [0.15, 0.2) is 5.11 Å². The maximum atomic E-state index is 5.22. The second kappa shape index (κ2) is 5.40. The number of thiocarbonyl (C=S) groups is 1. The van der Waals surface area contributed by atoms with E-state index in [2.05, 4.69) is 17.3 Å². The molecule has 0 aliphatic heterocycles. The molecule has 1 aliphatic carbocycles. The number of hydrogen-bond acceptors (Lipinski definition) is 2. The van der Waals surface area contributed by atoms with Crippen molar-refractivity contribution in [2.75, 3.05) is 27.3 Å². The summed E-state index contributed by atoms with van der Waals surface area (Å²) in [6.45, 7) is 1.70. The molecule has 1 rings (SSSR count). The Morgan fingerprint density at radius 1 is 1.62 bits per heavy atom. The van der Waals surface area contributed by atoms with E-state index < -0.39 is 0 Å². The van der Waals surface area contributed by atoms with Gasteiger partial charge in [0, 0.05) is 33.4 Å². The Morgan fingerprint density at radius 2 is 2.31 bits per heavy atom. The molecular formula is C9H18N2OS. The SMILES string of the molecule is COCCCNC(=S)N(C)C1CC1. The van der Waals surface area contributed by atoms with Gasteiger partial charge in [0.05, 0.1) is 0 Å². The summed E-state index contributed by atoms with van der Waals surface area (Å²) < 4.78 is 4.95. The molecule has 0 saturated heterocycles. The van der Waals surface area contributed by atoms with Crippen LogP contribution in [0.1, 0.15) is 19.3 Å². The average molecular weight is 202 g/mol. The molecule has 76 valence electrons. The number of nitrogens with zero attached hydrogens (tertiary/aromatic N) is 1. The fraction of sp³-hybridized carbons (Fsp3) is 0.889. The number of nitrogens with one attached hydrogen (secondary N) is 1. The van der Waals surface area contributed by atoms with E-state index in [-0.39, 0.29) is 0 Å². The first kappa shape index (κ1) is 10.7. The first-order valence-electron chi connectivity index (χ1n) is 4.75. The van der Waals surface area contributed by atoms with Gasteiger partial charge in [-0.1, -0.05) is 0 Å². The zero-order valence-corrected chi connectivity index (χ0v) is 9.19. The molecule has 4 heteroatoms. The molecule has 0 spiro atoms. The molecule has 0 unspecified atom stereocenters. The van der Waals surface area contributed by atoms with Crippen LogP contribution >= 0.6 is 12.2 Å². The van der Waals surface area contributed by atoms with E-state index in [1.807, 2.05) is 0 Å². The summed E-state index contributed by atoms with van der Waals surface area (Å²) in [4.78, 5) is 2.15. The molecule has 1 saturated carbocycles. The predicted molar refractivity (Wildman–Crippen MR) is 57.9 cm³/mol. The third kappa shape index (κ3) is 3.91. The summed E-state index contributed by atoms with van der Waals surface area (Å²) in [6.07, 6.45) is 3.59. The zero-order valence-electron chi connectivity index (χ0n) is 8.38. The van der Waals surface area contributed by atoms with E-state index in [0.29, 0.717) is 6.04 Å². The molecule has 0 aromatic rings. The maximum Gasteiger partial charge on any atom is 0.168 e. The quantitative estimate of drug-likeness (QED) is 0.531. The van der Waals surface area contributed by atoms with Crippen LogP contribution in [0.25, 0.3) is 0 Å². The van der Waals surface area contributed by atoms with Crippen molar-refractivity contribution in [3.63, 3.8) is 0 Å². The van der Waals surface area contributed by atoms with E-state index in [9.17, 15) is 0 Å². The van der Waals surface area contributed by atoms with Gasteiger partial charge in [-0.05, 0) is 31.5 Å². The molecule has 0 heterocycles. The lowest BCUT2D eigenvalue weighted by atomic mass is 10.4. The van der Waals surface area contributed by atoms with Crippen molar-refractivity contribution in [2.24, 2.45) is 0 Å². The number of hydrogen-bond donors (Lipinski definition) is 1. The Bertz CT molecular complexity index is 171. The molecule has 13 heavy (non-hydrogen) atoms. The summed E-state index contributed by atoms with van der Waals surface area (Å²) in [5, 5.41) is 4.09. The normalized spacial score (nSPS) is 15.5. The van der Waals surface area contributed by atoms with Gasteiger partial charge in [0.2, 0.25) is 0 Å². The first-order chi connectivity index (χ1) is 6.25. The summed E-state index contributed by atoms with van der Waals surface area (Å²) in [6, 6.07) is 0.697. The highest BCUT2D eigenvalue weighted by atomic mass is 32.1. The number of ether oxygens (including phenoxy) is 1. The van der Waals surface area contributed by atoms with Crippen LogP contribution in [0.2, 0.25) is 0 Å². The van der Waals surface area contributed by atoms with Crippen molar-refractivity contribution in [3.05, 3.63) is 0 Å². The van der Waals surface area contributed by atoms with Gasteiger partial charge in [-0.15, -0.1) is 0 Å². The Kier molecular flexibility index (Phi) is 4.45. The Morgan fingerprint density at radius 3 is 2.85 bits per heavy atom. The molecule has 1 fully saturated rings. The minimum Gasteiger partial charge on any atom is -0.385 e. The maximum absolute atomic E-state index is 5.22. The van der Waals surface area contributed by atoms with Crippen molar-refractivity contribution in [1.29, 1.82) is 0 Å².